The third-order valence-corrected chi connectivity index (χ3v) is 14.7. The third-order valence-electron chi connectivity index (χ3n) is 12.7. The summed E-state index contributed by atoms with van der Waals surface area (Å²) in [6.45, 7) is 0.651. The summed E-state index contributed by atoms with van der Waals surface area (Å²) in [5.74, 6) is -3.49. The highest BCUT2D eigenvalue weighted by Gasteiger charge is 2.44. The fourth-order valence-electron chi connectivity index (χ4n) is 9.45. The molecule has 2 amide bonds. The van der Waals surface area contributed by atoms with Crippen LogP contribution < -0.4 is 0 Å². The zero-order valence-corrected chi connectivity index (χ0v) is 38.6. The molecule has 10 heteroatoms. The molecular weight excluding hydrogens is 897 g/mol. The van der Waals surface area contributed by atoms with E-state index in [1.165, 1.54) is 4.90 Å². The number of benzene rings is 6. The molecule has 2 aromatic heterocycles. The van der Waals surface area contributed by atoms with E-state index in [0.717, 1.165) is 59.8 Å². The van der Waals surface area contributed by atoms with E-state index in [9.17, 15) is 29.4 Å². The summed E-state index contributed by atoms with van der Waals surface area (Å²) in [4.78, 5) is 57.7. The summed E-state index contributed by atoms with van der Waals surface area (Å²) in [6.07, 6.45) is 2.14. The summed E-state index contributed by atoms with van der Waals surface area (Å²) < 4.78 is 0. The Kier molecular flexibility index (Phi) is 15.2. The number of carboxylic acid groups (broad SMARTS) is 2. The zero-order valence-electron chi connectivity index (χ0n) is 37.0. The van der Waals surface area contributed by atoms with Crippen molar-refractivity contribution in [3.63, 3.8) is 0 Å². The van der Waals surface area contributed by atoms with Crippen molar-refractivity contribution in [1.29, 1.82) is 0 Å². The van der Waals surface area contributed by atoms with Crippen molar-refractivity contribution in [2.24, 2.45) is 0 Å². The van der Waals surface area contributed by atoms with Crippen LogP contribution in [-0.4, -0.2) is 68.9 Å². The first-order chi connectivity index (χ1) is 33.3. The first-order valence-electron chi connectivity index (χ1n) is 22.5. The van der Waals surface area contributed by atoms with E-state index in [-0.39, 0.29) is 33.1 Å². The number of nitrogens with zero attached hydrogens (tertiary/aromatic N) is 2. The van der Waals surface area contributed by atoms with Gasteiger partial charge in [0.15, 0.2) is 0 Å². The van der Waals surface area contributed by atoms with Gasteiger partial charge < -0.3 is 20.0 Å². The summed E-state index contributed by atoms with van der Waals surface area (Å²) in [6, 6.07) is 60.8. The van der Waals surface area contributed by atoms with Crippen LogP contribution in [0.3, 0.4) is 0 Å². The molecule has 0 bridgehead atoms. The van der Waals surface area contributed by atoms with Crippen LogP contribution in [0.15, 0.2) is 211 Å². The van der Waals surface area contributed by atoms with Crippen LogP contribution in [0.4, 0.5) is 0 Å². The van der Waals surface area contributed by atoms with E-state index >= 15 is 0 Å². The van der Waals surface area contributed by atoms with E-state index in [1.54, 1.807) is 33.6 Å². The average Bonchev–Trinajstić information content (AvgIpc) is 4.23. The number of rotatable bonds is 12. The molecule has 6 aromatic carbocycles. The quantitative estimate of drug-likeness (QED) is 0.126. The first kappa shape index (κ1) is 47.8. The fraction of sp³-hybridized carbons (Fsp3) is 0.153. The molecule has 2 aliphatic heterocycles. The monoisotopic (exact) mass is 950 g/mol. The number of hydrogen-bond acceptors (Lipinski definition) is 6. The van der Waals surface area contributed by atoms with Crippen LogP contribution in [0.1, 0.15) is 65.0 Å². The van der Waals surface area contributed by atoms with Gasteiger partial charge in [-0.1, -0.05) is 189 Å². The van der Waals surface area contributed by atoms with Gasteiger partial charge in [-0.3, -0.25) is 9.59 Å². The van der Waals surface area contributed by atoms with Crippen molar-refractivity contribution in [2.45, 2.75) is 43.7 Å². The highest BCUT2D eigenvalue weighted by Crippen LogP contribution is 2.43. The molecule has 8 nitrogen and oxygen atoms in total. The number of amides is 2. The summed E-state index contributed by atoms with van der Waals surface area (Å²) in [5, 5.41) is 24.1. The molecule has 0 radical (unpaired) electrons. The Bertz CT molecular complexity index is 2850. The predicted octanol–water partition coefficient (Wildman–Crippen LogP) is 12.8. The Morgan fingerprint density at radius 2 is 0.913 bits per heavy atom. The highest BCUT2D eigenvalue weighted by atomic mass is 32.1. The lowest BCUT2D eigenvalue weighted by Crippen LogP contribution is -2.43. The number of carbonyl (C=O) groups excluding carboxylic acids is 2. The van der Waals surface area contributed by atoms with E-state index in [1.807, 2.05) is 181 Å². The Morgan fingerprint density at radius 1 is 0.507 bits per heavy atom. The minimum absolute atomic E-state index is 0. The lowest BCUT2D eigenvalue weighted by atomic mass is 9.89. The number of aliphatic carboxylic acids is 2. The van der Waals surface area contributed by atoms with Gasteiger partial charge >= 0.3 is 11.9 Å². The SMILES string of the molecule is C.O=C(O)[C@@H]1C=C(c2sccc2-c2ccccc2)CN1C(=O)C(c1ccccc1)c1ccccc1.O=C(O)[C@@H]1C[C@H](c2sccc2-c2ccccc2)CN1C(=O)C(c1ccccc1)c1ccccc1.[HH]. The van der Waals surface area contributed by atoms with Crippen molar-refractivity contribution in [1.82, 2.24) is 9.80 Å². The maximum absolute atomic E-state index is 14.0. The molecule has 2 N–H and O–H groups in total. The summed E-state index contributed by atoms with van der Waals surface area (Å²) >= 11 is 3.21. The Hall–Kier alpha value is -7.66. The first-order valence-corrected chi connectivity index (χ1v) is 24.3. The second kappa shape index (κ2) is 22.0. The number of thiophene rings is 2. The molecule has 0 unspecified atom stereocenters. The van der Waals surface area contributed by atoms with Crippen LogP contribution in [0.5, 0.6) is 0 Å². The van der Waals surface area contributed by atoms with Crippen molar-refractivity contribution >= 4 is 52.0 Å². The van der Waals surface area contributed by atoms with Gasteiger partial charge in [0.2, 0.25) is 11.8 Å². The maximum Gasteiger partial charge on any atom is 0.330 e. The van der Waals surface area contributed by atoms with Gasteiger partial charge in [0.1, 0.15) is 12.1 Å². The topological polar surface area (TPSA) is 115 Å². The van der Waals surface area contributed by atoms with Gasteiger partial charge in [0.05, 0.1) is 11.8 Å². The molecule has 1 saturated heterocycles. The van der Waals surface area contributed by atoms with Crippen molar-refractivity contribution in [3.8, 4) is 22.3 Å². The second-order valence-corrected chi connectivity index (χ2v) is 18.7. The Morgan fingerprint density at radius 3 is 1.36 bits per heavy atom. The number of carboxylic acids is 2. The normalized spacial score (nSPS) is 16.3. The van der Waals surface area contributed by atoms with Gasteiger partial charge in [-0.15, -0.1) is 22.7 Å². The van der Waals surface area contributed by atoms with Crippen molar-refractivity contribution in [3.05, 3.63) is 243 Å². The van der Waals surface area contributed by atoms with Crippen molar-refractivity contribution < 1.29 is 30.8 Å². The van der Waals surface area contributed by atoms with Crippen LogP contribution in [-0.2, 0) is 19.2 Å². The predicted molar refractivity (Wildman–Crippen MR) is 279 cm³/mol. The molecule has 0 aliphatic carbocycles. The van der Waals surface area contributed by atoms with Crippen LogP contribution in [0, 0.1) is 0 Å². The van der Waals surface area contributed by atoms with Crippen LogP contribution in [0.2, 0.25) is 0 Å². The van der Waals surface area contributed by atoms with Crippen molar-refractivity contribution in [2.75, 3.05) is 13.1 Å². The van der Waals surface area contributed by atoms with Crippen LogP contribution in [0.25, 0.3) is 27.8 Å². The van der Waals surface area contributed by atoms with E-state index in [2.05, 4.69) is 23.6 Å². The molecule has 3 atom stereocenters. The lowest BCUT2D eigenvalue weighted by Gasteiger charge is -2.27. The van der Waals surface area contributed by atoms with E-state index in [0.29, 0.717) is 13.0 Å². The number of hydrogen-bond donors (Lipinski definition) is 2. The summed E-state index contributed by atoms with van der Waals surface area (Å²) in [7, 11) is 0. The molecule has 10 rings (SSSR count). The fourth-order valence-corrected chi connectivity index (χ4v) is 11.4. The van der Waals surface area contributed by atoms with Gasteiger partial charge in [-0.05, 0) is 79.9 Å². The number of carbonyl (C=O) groups is 4. The smallest absolute Gasteiger partial charge is 0.330 e. The van der Waals surface area contributed by atoms with Gasteiger partial charge in [-0.2, -0.15) is 0 Å². The molecule has 2 aliphatic rings. The van der Waals surface area contributed by atoms with Crippen LogP contribution >= 0.6 is 22.7 Å². The third kappa shape index (κ3) is 10.4. The standard InChI is InChI=1S/C29H25NO3S.C29H23NO3S.CH4.H2/c2*31-28(26(21-12-6-2-7-13-21)22-14-8-3-9-15-22)30-19-23(18-25(30)29(32)33)27-24(16-17-34-27)20-10-4-1-5-11-20;;/h1-17,23,25-26H,18-19H2,(H,32,33);1-18,25-26H,19H2,(H,32,33);1H4;1H/t23-,25-;25-;;/m00../s1. The maximum atomic E-state index is 14.0. The molecule has 0 saturated carbocycles. The molecule has 348 valence electrons. The number of likely N-dealkylation sites (tertiary alicyclic amines) is 1. The highest BCUT2D eigenvalue weighted by molar-refractivity contribution is 7.11. The van der Waals surface area contributed by atoms with Gasteiger partial charge in [-0.25, -0.2) is 9.59 Å². The molecule has 1 fully saturated rings. The molecular formula is C59H54N2O6S2. The Balaban J connectivity index is 0.000000201. The second-order valence-electron chi connectivity index (χ2n) is 16.8. The minimum atomic E-state index is -1.03. The van der Waals surface area contributed by atoms with E-state index in [4.69, 9.17) is 0 Å². The van der Waals surface area contributed by atoms with Gasteiger partial charge in [0, 0.05) is 35.8 Å². The molecule has 69 heavy (non-hydrogen) atoms. The zero-order chi connectivity index (χ0) is 47.0. The van der Waals surface area contributed by atoms with Gasteiger partial charge in [0.25, 0.3) is 0 Å². The molecule has 8 aromatic rings. The largest absolute Gasteiger partial charge is 0.480 e. The Labute approximate surface area is 412 Å². The molecule has 4 heterocycles. The molecule has 0 spiro atoms. The summed E-state index contributed by atoms with van der Waals surface area (Å²) in [5.41, 5.74) is 8.66. The minimum Gasteiger partial charge on any atom is -0.480 e. The van der Waals surface area contributed by atoms with E-state index < -0.39 is 35.9 Å². The lowest BCUT2D eigenvalue weighted by molar-refractivity contribution is -0.148. The average molecular weight is 951 g/mol.